The molecule has 0 bridgehead atoms. The topological polar surface area (TPSA) is 64.0 Å². The van der Waals surface area contributed by atoms with Crippen LogP contribution >= 0.6 is 11.6 Å². The highest BCUT2D eigenvalue weighted by Gasteiger charge is 2.24. The molecular formula is C18H22ClN3O2. The number of amides is 1. The number of carbonyl (C=O) groups excluding carboxylic acids is 1. The van der Waals surface area contributed by atoms with Gasteiger partial charge in [-0.2, -0.15) is 0 Å². The van der Waals surface area contributed by atoms with Crippen molar-refractivity contribution in [2.24, 2.45) is 13.0 Å². The van der Waals surface area contributed by atoms with Gasteiger partial charge in [-0.15, -0.1) is 0 Å². The van der Waals surface area contributed by atoms with Gasteiger partial charge in [-0.25, -0.2) is 4.98 Å². The van der Waals surface area contributed by atoms with E-state index in [1.807, 2.05) is 6.92 Å². The maximum Gasteiger partial charge on any atom is 0.261 e. The minimum Gasteiger partial charge on any atom is -0.346 e. The molecule has 128 valence electrons. The highest BCUT2D eigenvalue weighted by Crippen LogP contribution is 2.24. The van der Waals surface area contributed by atoms with Crippen molar-refractivity contribution in [3.8, 4) is 0 Å². The van der Waals surface area contributed by atoms with E-state index in [2.05, 4.69) is 10.3 Å². The monoisotopic (exact) mass is 347 g/mol. The van der Waals surface area contributed by atoms with E-state index in [-0.39, 0.29) is 23.4 Å². The highest BCUT2D eigenvalue weighted by molar-refractivity contribution is 6.31. The zero-order valence-corrected chi connectivity index (χ0v) is 14.8. The standard InChI is InChI=1S/C18H22ClN3O2/c1-11(20-17(23)12-6-4-3-5-7-12)16-21-15-10-13(19)8-9-14(15)18(24)22(16)2/h8-12H,3-7H2,1-2H3,(H,20,23). The van der Waals surface area contributed by atoms with E-state index in [4.69, 9.17) is 11.6 Å². The van der Waals surface area contributed by atoms with Crippen LogP contribution in [0.3, 0.4) is 0 Å². The second kappa shape index (κ2) is 6.93. The summed E-state index contributed by atoms with van der Waals surface area (Å²) in [6.07, 6.45) is 5.31. The molecule has 1 aliphatic carbocycles. The van der Waals surface area contributed by atoms with E-state index in [9.17, 15) is 9.59 Å². The molecule has 1 saturated carbocycles. The number of fused-ring (bicyclic) bond motifs is 1. The average Bonchev–Trinajstić information content (AvgIpc) is 2.58. The summed E-state index contributed by atoms with van der Waals surface area (Å²) in [5.41, 5.74) is 0.421. The summed E-state index contributed by atoms with van der Waals surface area (Å²) in [7, 11) is 1.68. The molecular weight excluding hydrogens is 326 g/mol. The van der Waals surface area contributed by atoms with Crippen LogP contribution in [0.5, 0.6) is 0 Å². The predicted octanol–water partition coefficient (Wildman–Crippen LogP) is 3.34. The Morgan fingerprint density at radius 3 is 2.75 bits per heavy atom. The largest absolute Gasteiger partial charge is 0.346 e. The molecule has 0 saturated heterocycles. The molecule has 1 aromatic carbocycles. The molecule has 1 N–H and O–H groups in total. The number of aromatic nitrogens is 2. The fraction of sp³-hybridized carbons (Fsp3) is 0.500. The van der Waals surface area contributed by atoms with Gasteiger partial charge < -0.3 is 5.32 Å². The second-order valence-corrected chi connectivity index (χ2v) is 7.00. The lowest BCUT2D eigenvalue weighted by molar-refractivity contribution is -0.126. The summed E-state index contributed by atoms with van der Waals surface area (Å²) in [6, 6.07) is 4.71. The van der Waals surface area contributed by atoms with Crippen LogP contribution in [-0.4, -0.2) is 15.5 Å². The van der Waals surface area contributed by atoms with E-state index < -0.39 is 0 Å². The maximum atomic E-state index is 12.5. The van der Waals surface area contributed by atoms with Crippen LogP contribution in [0.4, 0.5) is 0 Å². The molecule has 1 heterocycles. The average molecular weight is 348 g/mol. The molecule has 24 heavy (non-hydrogen) atoms. The Kier molecular flexibility index (Phi) is 4.90. The number of rotatable bonds is 3. The molecule has 0 spiro atoms. The van der Waals surface area contributed by atoms with Gasteiger partial charge in [-0.05, 0) is 38.0 Å². The molecule has 0 radical (unpaired) electrons. The van der Waals surface area contributed by atoms with Crippen LogP contribution in [0, 0.1) is 5.92 Å². The molecule has 3 rings (SSSR count). The fourth-order valence-corrected chi connectivity index (χ4v) is 3.58. The minimum atomic E-state index is -0.333. The quantitative estimate of drug-likeness (QED) is 0.926. The number of hydrogen-bond acceptors (Lipinski definition) is 3. The summed E-state index contributed by atoms with van der Waals surface area (Å²) in [6.45, 7) is 1.86. The van der Waals surface area contributed by atoms with Crippen LogP contribution in [0.2, 0.25) is 5.02 Å². The summed E-state index contributed by atoms with van der Waals surface area (Å²) in [5, 5.41) is 4.08. The lowest BCUT2D eigenvalue weighted by Gasteiger charge is -2.24. The number of benzene rings is 1. The summed E-state index contributed by atoms with van der Waals surface area (Å²) < 4.78 is 1.50. The Morgan fingerprint density at radius 2 is 2.04 bits per heavy atom. The Hall–Kier alpha value is -1.88. The smallest absolute Gasteiger partial charge is 0.261 e. The van der Waals surface area contributed by atoms with Gasteiger partial charge in [0.2, 0.25) is 5.91 Å². The zero-order chi connectivity index (χ0) is 17.3. The van der Waals surface area contributed by atoms with Gasteiger partial charge in [0.15, 0.2) is 0 Å². The van der Waals surface area contributed by atoms with E-state index >= 15 is 0 Å². The summed E-state index contributed by atoms with van der Waals surface area (Å²) >= 11 is 6.01. The van der Waals surface area contributed by atoms with Gasteiger partial charge in [0.1, 0.15) is 5.82 Å². The molecule has 1 aliphatic rings. The minimum absolute atomic E-state index is 0.0580. The first-order valence-corrected chi connectivity index (χ1v) is 8.81. The van der Waals surface area contributed by atoms with Gasteiger partial charge in [0.25, 0.3) is 5.56 Å². The molecule has 5 nitrogen and oxygen atoms in total. The van der Waals surface area contributed by atoms with Crippen LogP contribution in [0.15, 0.2) is 23.0 Å². The molecule has 1 amide bonds. The molecule has 1 unspecified atom stereocenters. The Bertz CT molecular complexity index is 825. The van der Waals surface area contributed by atoms with Gasteiger partial charge >= 0.3 is 0 Å². The van der Waals surface area contributed by atoms with Crippen molar-refractivity contribution in [2.75, 3.05) is 0 Å². The van der Waals surface area contributed by atoms with Crippen molar-refractivity contribution in [2.45, 2.75) is 45.1 Å². The molecule has 1 aromatic heterocycles. The van der Waals surface area contributed by atoms with Crippen LogP contribution < -0.4 is 10.9 Å². The third-order valence-corrected chi connectivity index (χ3v) is 5.03. The predicted molar refractivity (Wildman–Crippen MR) is 95.1 cm³/mol. The van der Waals surface area contributed by atoms with Gasteiger partial charge in [0.05, 0.1) is 16.9 Å². The van der Waals surface area contributed by atoms with Crippen LogP contribution in [0.25, 0.3) is 10.9 Å². The number of carbonyl (C=O) groups is 1. The highest BCUT2D eigenvalue weighted by atomic mass is 35.5. The molecule has 2 aromatic rings. The number of halogens is 1. The van der Waals surface area contributed by atoms with Crippen LogP contribution in [0.1, 0.15) is 50.9 Å². The van der Waals surface area contributed by atoms with Crippen molar-refractivity contribution < 1.29 is 4.79 Å². The first-order chi connectivity index (χ1) is 11.5. The Balaban J connectivity index is 1.88. The first kappa shape index (κ1) is 17.0. The van der Waals surface area contributed by atoms with Crippen molar-refractivity contribution >= 4 is 28.4 Å². The van der Waals surface area contributed by atoms with Crippen molar-refractivity contribution in [3.05, 3.63) is 39.4 Å². The number of hydrogen-bond donors (Lipinski definition) is 1. The molecule has 0 aliphatic heterocycles. The van der Waals surface area contributed by atoms with E-state index in [0.29, 0.717) is 21.7 Å². The van der Waals surface area contributed by atoms with Crippen molar-refractivity contribution in [1.82, 2.24) is 14.9 Å². The SMILES string of the molecule is CC(NC(=O)C1CCCCC1)c1nc2cc(Cl)ccc2c(=O)n1C. The Labute approximate surface area is 146 Å². The number of nitrogens with zero attached hydrogens (tertiary/aromatic N) is 2. The van der Waals surface area contributed by atoms with Crippen LogP contribution in [-0.2, 0) is 11.8 Å². The van der Waals surface area contributed by atoms with E-state index in [0.717, 1.165) is 25.7 Å². The van der Waals surface area contributed by atoms with Gasteiger partial charge in [-0.3, -0.25) is 14.2 Å². The zero-order valence-electron chi connectivity index (χ0n) is 14.0. The van der Waals surface area contributed by atoms with E-state index in [1.165, 1.54) is 11.0 Å². The number of nitrogens with one attached hydrogen (secondary N) is 1. The second-order valence-electron chi connectivity index (χ2n) is 6.56. The third kappa shape index (κ3) is 3.31. The van der Waals surface area contributed by atoms with E-state index in [1.54, 1.807) is 25.2 Å². The Morgan fingerprint density at radius 1 is 1.33 bits per heavy atom. The summed E-state index contributed by atoms with van der Waals surface area (Å²) in [4.78, 5) is 29.5. The molecule has 1 atom stereocenters. The molecule has 1 fully saturated rings. The lowest BCUT2D eigenvalue weighted by atomic mass is 9.88. The third-order valence-electron chi connectivity index (χ3n) is 4.80. The molecule has 6 heteroatoms. The normalized spacial score (nSPS) is 17.0. The first-order valence-electron chi connectivity index (χ1n) is 8.44. The van der Waals surface area contributed by atoms with Crippen molar-refractivity contribution in [1.29, 1.82) is 0 Å². The van der Waals surface area contributed by atoms with Gasteiger partial charge in [-0.1, -0.05) is 30.9 Å². The fourth-order valence-electron chi connectivity index (χ4n) is 3.41. The summed E-state index contributed by atoms with van der Waals surface area (Å²) in [5.74, 6) is 0.676. The van der Waals surface area contributed by atoms with Gasteiger partial charge in [0, 0.05) is 18.0 Å². The lowest BCUT2D eigenvalue weighted by Crippen LogP contribution is -2.36. The maximum absolute atomic E-state index is 12.5. The van der Waals surface area contributed by atoms with Crippen molar-refractivity contribution in [3.63, 3.8) is 0 Å².